The van der Waals surface area contributed by atoms with Gasteiger partial charge in [0.05, 0.1) is 6.61 Å². The smallest absolute Gasteiger partial charge is 0.162 e. The van der Waals surface area contributed by atoms with Crippen LogP contribution < -0.4 is 4.74 Å². The van der Waals surface area contributed by atoms with Crippen LogP contribution in [0.15, 0.2) is 48.5 Å². The van der Waals surface area contributed by atoms with Crippen molar-refractivity contribution in [2.45, 2.75) is 5.92 Å². The summed E-state index contributed by atoms with van der Waals surface area (Å²) in [5.74, 6) is -1.27. The average molecular weight is 327 g/mol. The Bertz CT molecular complexity index is 531. The van der Waals surface area contributed by atoms with Gasteiger partial charge in [-0.2, -0.15) is 0 Å². The lowest BCUT2D eigenvalue weighted by Gasteiger charge is -2.15. The third-order valence-electron chi connectivity index (χ3n) is 2.80. The highest BCUT2D eigenvalue weighted by molar-refractivity contribution is 9.09. The zero-order chi connectivity index (χ0) is 13.7. The van der Waals surface area contributed by atoms with Crippen molar-refractivity contribution in [2.24, 2.45) is 0 Å². The minimum Gasteiger partial charge on any atom is -0.493 e. The van der Waals surface area contributed by atoms with Crippen LogP contribution >= 0.6 is 15.9 Å². The topological polar surface area (TPSA) is 9.23 Å². The van der Waals surface area contributed by atoms with Crippen molar-refractivity contribution in [3.05, 3.63) is 65.7 Å². The molecule has 0 saturated heterocycles. The minimum atomic E-state index is -0.896. The van der Waals surface area contributed by atoms with Crippen LogP contribution in [-0.2, 0) is 0 Å². The van der Waals surface area contributed by atoms with Crippen LogP contribution in [0.25, 0.3) is 0 Å². The SMILES string of the molecule is Fc1ccc(OCC(CBr)c2ccccc2)cc1F. The fraction of sp³-hybridized carbons (Fsp3) is 0.200. The predicted octanol–water partition coefficient (Wildman–Crippen LogP) is 4.52. The van der Waals surface area contributed by atoms with Gasteiger partial charge < -0.3 is 4.74 Å². The van der Waals surface area contributed by atoms with Gasteiger partial charge in [0.25, 0.3) is 0 Å². The number of ether oxygens (including phenoxy) is 1. The normalized spacial score (nSPS) is 12.2. The van der Waals surface area contributed by atoms with Gasteiger partial charge in [0, 0.05) is 17.3 Å². The molecule has 0 spiro atoms. The summed E-state index contributed by atoms with van der Waals surface area (Å²) in [6, 6.07) is 13.5. The van der Waals surface area contributed by atoms with Gasteiger partial charge in [-0.15, -0.1) is 0 Å². The van der Waals surface area contributed by atoms with Crippen LogP contribution in [0.5, 0.6) is 5.75 Å². The lowest BCUT2D eigenvalue weighted by atomic mass is 10.0. The van der Waals surface area contributed by atoms with E-state index in [9.17, 15) is 8.78 Å². The highest BCUT2D eigenvalue weighted by Crippen LogP contribution is 2.21. The van der Waals surface area contributed by atoms with Crippen molar-refractivity contribution < 1.29 is 13.5 Å². The molecule has 1 unspecified atom stereocenters. The Labute approximate surface area is 119 Å². The van der Waals surface area contributed by atoms with E-state index in [2.05, 4.69) is 15.9 Å². The van der Waals surface area contributed by atoms with E-state index in [1.165, 1.54) is 6.07 Å². The van der Waals surface area contributed by atoms with Crippen LogP contribution in [0.2, 0.25) is 0 Å². The maximum Gasteiger partial charge on any atom is 0.162 e. The van der Waals surface area contributed by atoms with Crippen LogP contribution in [-0.4, -0.2) is 11.9 Å². The lowest BCUT2D eigenvalue weighted by molar-refractivity contribution is 0.295. The number of alkyl halides is 1. The first-order valence-electron chi connectivity index (χ1n) is 5.89. The summed E-state index contributed by atoms with van der Waals surface area (Å²) in [6.07, 6.45) is 0. The monoisotopic (exact) mass is 326 g/mol. The molecule has 0 saturated carbocycles. The number of benzene rings is 2. The van der Waals surface area contributed by atoms with E-state index in [0.717, 1.165) is 23.0 Å². The molecule has 2 aromatic rings. The molecule has 0 bridgehead atoms. The Hall–Kier alpha value is -1.42. The molecule has 0 amide bonds. The molecule has 0 N–H and O–H groups in total. The summed E-state index contributed by atoms with van der Waals surface area (Å²) < 4.78 is 31.3. The first-order valence-corrected chi connectivity index (χ1v) is 7.01. The molecule has 1 nitrogen and oxygen atoms in total. The fourth-order valence-electron chi connectivity index (χ4n) is 1.72. The Balaban J connectivity index is 2.02. The molecule has 0 aliphatic heterocycles. The van der Waals surface area contributed by atoms with Gasteiger partial charge in [-0.05, 0) is 17.7 Å². The Morgan fingerprint density at radius 1 is 1.00 bits per heavy atom. The molecular formula is C15H13BrF2O. The molecule has 0 aromatic heterocycles. The van der Waals surface area contributed by atoms with E-state index < -0.39 is 11.6 Å². The number of rotatable bonds is 5. The van der Waals surface area contributed by atoms with Gasteiger partial charge >= 0.3 is 0 Å². The molecular weight excluding hydrogens is 314 g/mol. The second-order valence-electron chi connectivity index (χ2n) is 4.15. The summed E-state index contributed by atoms with van der Waals surface area (Å²) in [5.41, 5.74) is 1.14. The van der Waals surface area contributed by atoms with Crippen molar-refractivity contribution in [2.75, 3.05) is 11.9 Å². The van der Waals surface area contributed by atoms with E-state index in [4.69, 9.17) is 4.74 Å². The molecule has 0 aliphatic carbocycles. The number of hydrogen-bond donors (Lipinski definition) is 0. The molecule has 100 valence electrons. The highest BCUT2D eigenvalue weighted by atomic mass is 79.9. The van der Waals surface area contributed by atoms with E-state index in [0.29, 0.717) is 12.4 Å². The van der Waals surface area contributed by atoms with Crippen molar-refractivity contribution in [3.63, 3.8) is 0 Å². The Morgan fingerprint density at radius 3 is 2.37 bits per heavy atom. The zero-order valence-corrected chi connectivity index (χ0v) is 11.7. The van der Waals surface area contributed by atoms with Gasteiger partial charge in [0.2, 0.25) is 0 Å². The van der Waals surface area contributed by atoms with E-state index in [-0.39, 0.29) is 5.92 Å². The van der Waals surface area contributed by atoms with Crippen molar-refractivity contribution in [1.82, 2.24) is 0 Å². The van der Waals surface area contributed by atoms with Gasteiger partial charge in [0.1, 0.15) is 5.75 Å². The fourth-order valence-corrected chi connectivity index (χ4v) is 2.28. The van der Waals surface area contributed by atoms with Crippen LogP contribution in [0.3, 0.4) is 0 Å². The summed E-state index contributed by atoms with van der Waals surface area (Å²) in [7, 11) is 0. The standard InChI is InChI=1S/C15H13BrF2O/c16-9-12(11-4-2-1-3-5-11)10-19-13-6-7-14(17)15(18)8-13/h1-8,12H,9-10H2. The van der Waals surface area contributed by atoms with Crippen LogP contribution in [0.4, 0.5) is 8.78 Å². The van der Waals surface area contributed by atoms with Crippen LogP contribution in [0, 0.1) is 11.6 Å². The average Bonchev–Trinajstić information content (AvgIpc) is 2.44. The summed E-state index contributed by atoms with van der Waals surface area (Å²) in [4.78, 5) is 0. The molecule has 0 radical (unpaired) electrons. The number of halogens is 3. The zero-order valence-electron chi connectivity index (χ0n) is 10.2. The minimum absolute atomic E-state index is 0.161. The Kier molecular flexibility index (Phi) is 4.91. The third-order valence-corrected chi connectivity index (χ3v) is 3.58. The molecule has 0 aliphatic rings. The quantitative estimate of drug-likeness (QED) is 0.734. The molecule has 4 heteroatoms. The van der Waals surface area contributed by atoms with Crippen molar-refractivity contribution >= 4 is 15.9 Å². The van der Waals surface area contributed by atoms with Gasteiger partial charge in [-0.1, -0.05) is 46.3 Å². The largest absolute Gasteiger partial charge is 0.493 e. The lowest BCUT2D eigenvalue weighted by Crippen LogP contribution is -2.11. The second kappa shape index (κ2) is 6.66. The van der Waals surface area contributed by atoms with E-state index >= 15 is 0 Å². The van der Waals surface area contributed by atoms with Gasteiger partial charge in [0.15, 0.2) is 11.6 Å². The van der Waals surface area contributed by atoms with Gasteiger partial charge in [-0.3, -0.25) is 0 Å². The maximum absolute atomic E-state index is 13.0. The maximum atomic E-state index is 13.0. The van der Waals surface area contributed by atoms with E-state index in [1.54, 1.807) is 0 Å². The number of hydrogen-bond acceptors (Lipinski definition) is 1. The summed E-state index contributed by atoms with van der Waals surface area (Å²) in [6.45, 7) is 0.403. The first-order chi connectivity index (χ1) is 9.20. The third kappa shape index (κ3) is 3.77. The molecule has 2 aromatic carbocycles. The van der Waals surface area contributed by atoms with Gasteiger partial charge in [-0.25, -0.2) is 8.78 Å². The first kappa shape index (κ1) is 14.0. The molecule has 2 rings (SSSR count). The van der Waals surface area contributed by atoms with Crippen LogP contribution in [0.1, 0.15) is 11.5 Å². The summed E-state index contributed by atoms with van der Waals surface area (Å²) >= 11 is 3.44. The second-order valence-corrected chi connectivity index (χ2v) is 4.80. The molecule has 1 atom stereocenters. The molecule has 0 fully saturated rings. The molecule has 0 heterocycles. The van der Waals surface area contributed by atoms with Crippen molar-refractivity contribution in [3.8, 4) is 5.75 Å². The molecule has 19 heavy (non-hydrogen) atoms. The summed E-state index contributed by atoms with van der Waals surface area (Å²) in [5, 5.41) is 0.737. The van der Waals surface area contributed by atoms with E-state index in [1.807, 2.05) is 30.3 Å². The van der Waals surface area contributed by atoms with Crippen molar-refractivity contribution in [1.29, 1.82) is 0 Å². The highest BCUT2D eigenvalue weighted by Gasteiger charge is 2.11. The Morgan fingerprint density at radius 2 is 1.74 bits per heavy atom. The predicted molar refractivity (Wildman–Crippen MR) is 74.8 cm³/mol.